The van der Waals surface area contributed by atoms with Crippen LogP contribution in [0.2, 0.25) is 0 Å². The molecule has 0 spiro atoms. The highest BCUT2D eigenvalue weighted by molar-refractivity contribution is 5.95. The molecule has 3 aromatic rings. The third-order valence-corrected chi connectivity index (χ3v) is 4.35. The maximum atomic E-state index is 12.8. The molecule has 1 heterocycles. The van der Waals surface area contributed by atoms with E-state index in [2.05, 4.69) is 20.6 Å². The Labute approximate surface area is 162 Å². The zero-order valence-electron chi connectivity index (χ0n) is 15.5. The van der Waals surface area contributed by atoms with Crippen molar-refractivity contribution in [2.45, 2.75) is 32.7 Å². The molecule has 0 bridgehead atoms. The highest BCUT2D eigenvalue weighted by Crippen LogP contribution is 2.22. The van der Waals surface area contributed by atoms with Gasteiger partial charge in [-0.15, -0.1) is 10.2 Å². The van der Waals surface area contributed by atoms with E-state index in [1.54, 1.807) is 17.0 Å². The number of carboxylic acids is 1. The molecule has 8 heteroatoms. The van der Waals surface area contributed by atoms with Crippen LogP contribution in [0.25, 0.3) is 11.4 Å². The van der Waals surface area contributed by atoms with Gasteiger partial charge >= 0.3 is 5.97 Å². The lowest BCUT2D eigenvalue weighted by Gasteiger charge is -2.23. The monoisotopic (exact) mass is 379 g/mol. The highest BCUT2D eigenvalue weighted by atomic mass is 16.4. The van der Waals surface area contributed by atoms with E-state index in [-0.39, 0.29) is 11.5 Å². The number of nitrogens with one attached hydrogen (secondary N) is 1. The number of carboxylic acid groups (broad SMARTS) is 1. The molecule has 8 nitrogen and oxygen atoms in total. The number of anilines is 1. The number of H-pyrrole nitrogens is 1. The summed E-state index contributed by atoms with van der Waals surface area (Å²) < 4.78 is 0. The number of hydrogen-bond acceptors (Lipinski definition) is 5. The van der Waals surface area contributed by atoms with E-state index < -0.39 is 5.97 Å². The Balaban J connectivity index is 1.85. The second-order valence-corrected chi connectivity index (χ2v) is 6.37. The molecular formula is C20H21N5O3. The standard InChI is InChI=1S/C20H21N5O3/c1-2-3-7-18(26)25(17-6-4-5-16(12-17)20(27)28)13-14-8-10-15(11-9-14)19-21-23-24-22-19/h4-6,8-12H,2-3,7,13H2,1H3,(H,27,28)(H,21,22,23,24). The van der Waals surface area contributed by atoms with E-state index >= 15 is 0 Å². The Hall–Kier alpha value is -3.55. The van der Waals surface area contributed by atoms with Crippen LogP contribution in [0.5, 0.6) is 0 Å². The summed E-state index contributed by atoms with van der Waals surface area (Å²) in [6, 6.07) is 14.0. The molecule has 28 heavy (non-hydrogen) atoms. The molecule has 144 valence electrons. The first-order chi connectivity index (χ1) is 13.6. The summed E-state index contributed by atoms with van der Waals surface area (Å²) in [7, 11) is 0. The molecule has 0 saturated heterocycles. The molecule has 1 aromatic heterocycles. The predicted molar refractivity (Wildman–Crippen MR) is 104 cm³/mol. The van der Waals surface area contributed by atoms with Gasteiger partial charge in [0, 0.05) is 17.7 Å². The number of carbonyl (C=O) groups excluding carboxylic acids is 1. The second-order valence-electron chi connectivity index (χ2n) is 6.37. The van der Waals surface area contributed by atoms with Crippen LogP contribution in [-0.2, 0) is 11.3 Å². The van der Waals surface area contributed by atoms with E-state index in [1.807, 2.05) is 31.2 Å². The van der Waals surface area contributed by atoms with Gasteiger partial charge in [-0.25, -0.2) is 4.79 Å². The highest BCUT2D eigenvalue weighted by Gasteiger charge is 2.17. The van der Waals surface area contributed by atoms with Gasteiger partial charge in [-0.3, -0.25) is 4.79 Å². The lowest BCUT2D eigenvalue weighted by molar-refractivity contribution is -0.118. The van der Waals surface area contributed by atoms with E-state index in [4.69, 9.17) is 0 Å². The van der Waals surface area contributed by atoms with Gasteiger partial charge in [0.2, 0.25) is 11.7 Å². The van der Waals surface area contributed by atoms with E-state index in [0.29, 0.717) is 24.5 Å². The van der Waals surface area contributed by atoms with Crippen molar-refractivity contribution in [1.82, 2.24) is 20.6 Å². The maximum absolute atomic E-state index is 12.8. The quantitative estimate of drug-likeness (QED) is 0.621. The number of rotatable bonds is 8. The third kappa shape index (κ3) is 4.59. The minimum Gasteiger partial charge on any atom is -0.478 e. The summed E-state index contributed by atoms with van der Waals surface area (Å²) in [4.78, 5) is 25.7. The Morgan fingerprint density at radius 1 is 1.14 bits per heavy atom. The van der Waals surface area contributed by atoms with Gasteiger partial charge in [0.1, 0.15) is 0 Å². The molecule has 3 rings (SSSR count). The van der Waals surface area contributed by atoms with Gasteiger partial charge in [-0.1, -0.05) is 43.7 Å². The topological polar surface area (TPSA) is 112 Å². The van der Waals surface area contributed by atoms with Crippen molar-refractivity contribution >= 4 is 17.6 Å². The van der Waals surface area contributed by atoms with E-state index in [9.17, 15) is 14.7 Å². The fraction of sp³-hybridized carbons (Fsp3) is 0.250. The van der Waals surface area contributed by atoms with Crippen molar-refractivity contribution in [3.05, 3.63) is 59.7 Å². The van der Waals surface area contributed by atoms with Crippen molar-refractivity contribution in [3.8, 4) is 11.4 Å². The second kappa shape index (κ2) is 8.90. The number of amides is 1. The van der Waals surface area contributed by atoms with Crippen molar-refractivity contribution in [3.63, 3.8) is 0 Å². The van der Waals surface area contributed by atoms with E-state index in [1.165, 1.54) is 12.1 Å². The first kappa shape index (κ1) is 19.2. The van der Waals surface area contributed by atoms with Crippen LogP contribution in [-0.4, -0.2) is 37.6 Å². The Morgan fingerprint density at radius 3 is 2.57 bits per heavy atom. The van der Waals surface area contributed by atoms with Crippen molar-refractivity contribution < 1.29 is 14.7 Å². The molecule has 0 fully saturated rings. The molecule has 0 atom stereocenters. The number of unbranched alkanes of at least 4 members (excludes halogenated alkanes) is 1. The van der Waals surface area contributed by atoms with Crippen LogP contribution >= 0.6 is 0 Å². The smallest absolute Gasteiger partial charge is 0.335 e. The number of aromatic carboxylic acids is 1. The largest absolute Gasteiger partial charge is 0.478 e. The Morgan fingerprint density at radius 2 is 1.93 bits per heavy atom. The number of tetrazole rings is 1. The van der Waals surface area contributed by atoms with Crippen LogP contribution in [0.3, 0.4) is 0 Å². The molecule has 0 aliphatic carbocycles. The Kier molecular flexibility index (Phi) is 6.11. The van der Waals surface area contributed by atoms with Crippen molar-refractivity contribution in [2.24, 2.45) is 0 Å². The van der Waals surface area contributed by atoms with Crippen LogP contribution in [0.4, 0.5) is 5.69 Å². The number of nitrogens with zero attached hydrogens (tertiary/aromatic N) is 4. The summed E-state index contributed by atoms with van der Waals surface area (Å²) in [6.45, 7) is 2.37. The SMILES string of the molecule is CCCCC(=O)N(Cc1ccc(-c2nn[nH]n2)cc1)c1cccc(C(=O)O)c1. The van der Waals surface area contributed by atoms with Gasteiger partial charge in [0.15, 0.2) is 0 Å². The molecule has 0 radical (unpaired) electrons. The van der Waals surface area contributed by atoms with E-state index in [0.717, 1.165) is 24.0 Å². The number of benzene rings is 2. The molecular weight excluding hydrogens is 358 g/mol. The fourth-order valence-electron chi connectivity index (χ4n) is 2.82. The normalized spacial score (nSPS) is 10.6. The molecule has 0 saturated carbocycles. The molecule has 0 aliphatic heterocycles. The number of aromatic amines is 1. The van der Waals surface area contributed by atoms with Crippen molar-refractivity contribution in [1.29, 1.82) is 0 Å². The summed E-state index contributed by atoms with van der Waals surface area (Å²) in [6.07, 6.45) is 2.10. The fourth-order valence-corrected chi connectivity index (χ4v) is 2.82. The van der Waals surface area contributed by atoms with Crippen LogP contribution in [0.1, 0.15) is 42.1 Å². The predicted octanol–water partition coefficient (Wildman–Crippen LogP) is 3.29. The summed E-state index contributed by atoms with van der Waals surface area (Å²) in [5.41, 5.74) is 2.45. The minimum atomic E-state index is -1.02. The van der Waals surface area contributed by atoms with Gasteiger partial charge in [0.05, 0.1) is 12.1 Å². The first-order valence-corrected chi connectivity index (χ1v) is 9.05. The zero-order chi connectivity index (χ0) is 19.9. The van der Waals surface area contributed by atoms with Crippen LogP contribution < -0.4 is 4.90 Å². The molecule has 0 aliphatic rings. The molecule has 1 amide bonds. The average Bonchev–Trinajstić information content (AvgIpc) is 3.25. The number of aromatic nitrogens is 4. The lowest BCUT2D eigenvalue weighted by atomic mass is 10.1. The van der Waals surface area contributed by atoms with Crippen LogP contribution in [0.15, 0.2) is 48.5 Å². The summed E-state index contributed by atoms with van der Waals surface area (Å²) in [5, 5.41) is 23.1. The van der Waals surface area contributed by atoms with Gasteiger partial charge in [-0.05, 0) is 35.4 Å². The average molecular weight is 379 g/mol. The molecule has 2 N–H and O–H groups in total. The van der Waals surface area contributed by atoms with Crippen LogP contribution in [0, 0.1) is 0 Å². The maximum Gasteiger partial charge on any atom is 0.335 e. The van der Waals surface area contributed by atoms with Gasteiger partial charge < -0.3 is 10.0 Å². The summed E-state index contributed by atoms with van der Waals surface area (Å²) >= 11 is 0. The molecule has 2 aromatic carbocycles. The first-order valence-electron chi connectivity index (χ1n) is 9.05. The lowest BCUT2D eigenvalue weighted by Crippen LogP contribution is -2.30. The number of hydrogen-bond donors (Lipinski definition) is 2. The summed E-state index contributed by atoms with van der Waals surface area (Å²) in [5.74, 6) is -0.560. The zero-order valence-corrected chi connectivity index (χ0v) is 15.5. The Bertz CT molecular complexity index is 939. The third-order valence-electron chi connectivity index (χ3n) is 4.35. The number of carbonyl (C=O) groups is 2. The molecule has 0 unspecified atom stereocenters. The van der Waals surface area contributed by atoms with Gasteiger partial charge in [0.25, 0.3) is 0 Å². The van der Waals surface area contributed by atoms with Gasteiger partial charge in [-0.2, -0.15) is 5.21 Å². The minimum absolute atomic E-state index is 0.0355. The van der Waals surface area contributed by atoms with Crippen molar-refractivity contribution in [2.75, 3.05) is 4.90 Å².